The van der Waals surface area contributed by atoms with E-state index in [4.69, 9.17) is 10.5 Å². The lowest BCUT2D eigenvalue weighted by molar-refractivity contribution is 0.183. The van der Waals surface area contributed by atoms with Crippen LogP contribution in [0.15, 0.2) is 23.5 Å². The van der Waals surface area contributed by atoms with E-state index in [1.54, 1.807) is 37.3 Å². The third kappa shape index (κ3) is 3.55. The van der Waals surface area contributed by atoms with Crippen LogP contribution in [-0.2, 0) is 11.3 Å². The average Bonchev–Trinajstić information content (AvgIpc) is 2.71. The summed E-state index contributed by atoms with van der Waals surface area (Å²) >= 11 is 0. The van der Waals surface area contributed by atoms with Gasteiger partial charge in [0.15, 0.2) is 0 Å². The Morgan fingerprint density at radius 1 is 1.73 bits per heavy atom. The van der Waals surface area contributed by atoms with Crippen LogP contribution in [0.3, 0.4) is 0 Å². The summed E-state index contributed by atoms with van der Waals surface area (Å²) in [6, 6.07) is 0. The molecule has 5 nitrogen and oxygen atoms in total. The van der Waals surface area contributed by atoms with Gasteiger partial charge in [0.2, 0.25) is 0 Å². The summed E-state index contributed by atoms with van der Waals surface area (Å²) < 4.78 is 6.75. The van der Waals surface area contributed by atoms with Crippen LogP contribution in [0.1, 0.15) is 5.56 Å². The SMILES string of the molecule is CN=CC=C(N)c1cnn(CCOC)c1. The van der Waals surface area contributed by atoms with Gasteiger partial charge < -0.3 is 10.5 Å². The molecule has 0 spiro atoms. The first kappa shape index (κ1) is 11.5. The highest BCUT2D eigenvalue weighted by atomic mass is 16.5. The predicted octanol–water partition coefficient (Wildman–Crippen LogP) is 0.530. The van der Waals surface area contributed by atoms with Crippen LogP contribution < -0.4 is 5.73 Å². The Kier molecular flexibility index (Phi) is 4.56. The van der Waals surface area contributed by atoms with Crippen LogP contribution in [-0.4, -0.2) is 36.8 Å². The Labute approximate surface area is 89.3 Å². The van der Waals surface area contributed by atoms with Gasteiger partial charge in [-0.2, -0.15) is 5.10 Å². The molecule has 0 radical (unpaired) electrons. The Morgan fingerprint density at radius 3 is 3.20 bits per heavy atom. The van der Waals surface area contributed by atoms with Gasteiger partial charge in [-0.15, -0.1) is 0 Å². The van der Waals surface area contributed by atoms with E-state index >= 15 is 0 Å². The van der Waals surface area contributed by atoms with E-state index in [1.165, 1.54) is 0 Å². The molecule has 0 unspecified atom stereocenters. The molecule has 15 heavy (non-hydrogen) atoms. The lowest BCUT2D eigenvalue weighted by atomic mass is 10.2. The molecule has 1 heterocycles. The van der Waals surface area contributed by atoms with Crippen molar-refractivity contribution in [2.75, 3.05) is 20.8 Å². The van der Waals surface area contributed by atoms with Gasteiger partial charge in [0.05, 0.1) is 19.3 Å². The molecular weight excluding hydrogens is 192 g/mol. The summed E-state index contributed by atoms with van der Waals surface area (Å²) in [5, 5.41) is 4.15. The summed E-state index contributed by atoms with van der Waals surface area (Å²) in [5.41, 5.74) is 7.36. The molecule has 1 aromatic rings. The highest BCUT2D eigenvalue weighted by Crippen LogP contribution is 2.06. The first-order valence-corrected chi connectivity index (χ1v) is 4.67. The Bertz CT molecular complexity index is 354. The highest BCUT2D eigenvalue weighted by molar-refractivity contribution is 5.82. The van der Waals surface area contributed by atoms with Crippen LogP contribution in [0.5, 0.6) is 0 Å². The number of nitrogens with zero attached hydrogens (tertiary/aromatic N) is 3. The molecule has 5 heteroatoms. The van der Waals surface area contributed by atoms with Crippen molar-refractivity contribution in [1.29, 1.82) is 0 Å². The maximum atomic E-state index is 5.81. The normalized spacial score (nSPS) is 12.5. The van der Waals surface area contributed by atoms with Crippen molar-refractivity contribution < 1.29 is 4.74 Å². The van der Waals surface area contributed by atoms with E-state index in [9.17, 15) is 0 Å². The van der Waals surface area contributed by atoms with E-state index in [0.29, 0.717) is 12.3 Å². The lowest BCUT2D eigenvalue weighted by Crippen LogP contribution is -2.04. The number of methoxy groups -OCH3 is 1. The number of allylic oxidation sites excluding steroid dienone is 1. The molecule has 2 N–H and O–H groups in total. The molecule has 0 atom stereocenters. The number of rotatable bonds is 5. The molecule has 1 rings (SSSR count). The van der Waals surface area contributed by atoms with Crippen molar-refractivity contribution in [3.05, 3.63) is 24.0 Å². The van der Waals surface area contributed by atoms with E-state index in [1.807, 2.05) is 6.20 Å². The largest absolute Gasteiger partial charge is 0.398 e. The molecule has 1 aromatic heterocycles. The maximum absolute atomic E-state index is 5.81. The number of hydrogen-bond acceptors (Lipinski definition) is 4. The van der Waals surface area contributed by atoms with Crippen molar-refractivity contribution in [3.8, 4) is 0 Å². The second-order valence-electron chi connectivity index (χ2n) is 3.01. The molecule has 0 fully saturated rings. The molecule has 0 amide bonds. The van der Waals surface area contributed by atoms with Gasteiger partial charge in [-0.1, -0.05) is 0 Å². The fourth-order valence-corrected chi connectivity index (χ4v) is 1.07. The maximum Gasteiger partial charge on any atom is 0.0658 e. The third-order valence-electron chi connectivity index (χ3n) is 1.89. The second kappa shape index (κ2) is 5.98. The van der Waals surface area contributed by atoms with Crippen molar-refractivity contribution in [3.63, 3.8) is 0 Å². The topological polar surface area (TPSA) is 65.4 Å². The molecule has 82 valence electrons. The summed E-state index contributed by atoms with van der Waals surface area (Å²) in [6.07, 6.45) is 7.01. The minimum absolute atomic E-state index is 0.640. The van der Waals surface area contributed by atoms with Crippen LogP contribution in [0.25, 0.3) is 5.70 Å². The zero-order valence-electron chi connectivity index (χ0n) is 9.05. The van der Waals surface area contributed by atoms with Crippen LogP contribution in [0.4, 0.5) is 0 Å². The number of aromatic nitrogens is 2. The van der Waals surface area contributed by atoms with Crippen molar-refractivity contribution in [2.24, 2.45) is 10.7 Å². The molecule has 0 aliphatic heterocycles. The van der Waals surface area contributed by atoms with Gasteiger partial charge in [-0.3, -0.25) is 9.67 Å². The predicted molar refractivity (Wildman–Crippen MR) is 60.7 cm³/mol. The molecule has 0 aliphatic carbocycles. The van der Waals surface area contributed by atoms with Crippen LogP contribution in [0.2, 0.25) is 0 Å². The Hall–Kier alpha value is -1.62. The summed E-state index contributed by atoms with van der Waals surface area (Å²) in [7, 11) is 3.36. The highest BCUT2D eigenvalue weighted by Gasteiger charge is 1.99. The van der Waals surface area contributed by atoms with Crippen LogP contribution >= 0.6 is 0 Å². The van der Waals surface area contributed by atoms with Crippen molar-refractivity contribution in [2.45, 2.75) is 6.54 Å². The van der Waals surface area contributed by atoms with Crippen LogP contribution in [0, 0.1) is 0 Å². The summed E-state index contributed by atoms with van der Waals surface area (Å²) in [6.45, 7) is 1.37. The van der Waals surface area contributed by atoms with Gasteiger partial charge in [0, 0.05) is 37.8 Å². The van der Waals surface area contributed by atoms with Gasteiger partial charge >= 0.3 is 0 Å². The van der Waals surface area contributed by atoms with Gasteiger partial charge in [-0.25, -0.2) is 0 Å². The first-order valence-electron chi connectivity index (χ1n) is 4.67. The van der Waals surface area contributed by atoms with Gasteiger partial charge in [-0.05, 0) is 6.08 Å². The third-order valence-corrected chi connectivity index (χ3v) is 1.89. The van der Waals surface area contributed by atoms with E-state index in [2.05, 4.69) is 10.1 Å². The van der Waals surface area contributed by atoms with E-state index in [0.717, 1.165) is 12.1 Å². The quantitative estimate of drug-likeness (QED) is 0.718. The molecule has 0 saturated carbocycles. The summed E-state index contributed by atoms with van der Waals surface area (Å²) in [4.78, 5) is 3.83. The average molecular weight is 208 g/mol. The Balaban J connectivity index is 2.66. The van der Waals surface area contributed by atoms with Crippen molar-refractivity contribution >= 4 is 11.9 Å². The molecule has 0 bridgehead atoms. The zero-order valence-corrected chi connectivity index (χ0v) is 9.05. The number of ether oxygens (including phenoxy) is 1. The number of hydrogen-bond donors (Lipinski definition) is 1. The number of nitrogens with two attached hydrogens (primary N) is 1. The van der Waals surface area contributed by atoms with E-state index < -0.39 is 0 Å². The fraction of sp³-hybridized carbons (Fsp3) is 0.400. The molecule has 0 aromatic carbocycles. The van der Waals surface area contributed by atoms with Gasteiger partial charge in [0.25, 0.3) is 0 Å². The van der Waals surface area contributed by atoms with E-state index in [-0.39, 0.29) is 0 Å². The minimum atomic E-state index is 0.640. The molecule has 0 aliphatic rings. The van der Waals surface area contributed by atoms with Crippen molar-refractivity contribution in [1.82, 2.24) is 9.78 Å². The smallest absolute Gasteiger partial charge is 0.0658 e. The second-order valence-corrected chi connectivity index (χ2v) is 3.01. The minimum Gasteiger partial charge on any atom is -0.398 e. The van der Waals surface area contributed by atoms with Gasteiger partial charge in [0.1, 0.15) is 0 Å². The Morgan fingerprint density at radius 2 is 2.53 bits per heavy atom. The lowest BCUT2D eigenvalue weighted by Gasteiger charge is -1.98. The summed E-state index contributed by atoms with van der Waals surface area (Å²) in [5.74, 6) is 0. The number of aliphatic imine (C=N–C) groups is 1. The molecule has 0 saturated heterocycles. The first-order chi connectivity index (χ1) is 7.27. The zero-order chi connectivity index (χ0) is 11.1. The monoisotopic (exact) mass is 208 g/mol. The standard InChI is InChI=1S/C10H16N4O/c1-12-4-3-10(11)9-7-13-14(8-9)5-6-15-2/h3-4,7-8H,5-6,11H2,1-2H3. The molecular formula is C10H16N4O. The fourth-order valence-electron chi connectivity index (χ4n) is 1.07.